The topological polar surface area (TPSA) is 32.8 Å². The van der Waals surface area contributed by atoms with E-state index in [1.54, 1.807) is 0 Å². The van der Waals surface area contributed by atoms with Crippen LogP contribution in [-0.4, -0.2) is 23.9 Å². The van der Waals surface area contributed by atoms with Gasteiger partial charge in [0.05, 0.1) is 12.2 Å². The lowest BCUT2D eigenvalue weighted by molar-refractivity contribution is 0.262. The van der Waals surface area contributed by atoms with Gasteiger partial charge < -0.3 is 9.84 Å². The van der Waals surface area contributed by atoms with Gasteiger partial charge in [-0.3, -0.25) is 0 Å². The maximum Gasteiger partial charge on any atom is 0.0863 e. The van der Waals surface area contributed by atoms with Crippen molar-refractivity contribution in [1.29, 1.82) is 0 Å². The molecule has 0 aliphatic carbocycles. The summed E-state index contributed by atoms with van der Waals surface area (Å²) >= 11 is 0. The molecule has 8 heavy (non-hydrogen) atoms. The largest absolute Gasteiger partial charge is 0.396 e. The minimum absolute atomic E-state index is 0.265. The monoisotopic (exact) mass is 116 g/mol. The molecule has 1 heterocycles. The molecule has 1 aliphatic heterocycles. The van der Waals surface area contributed by atoms with Crippen LogP contribution >= 0.6 is 0 Å². The summed E-state index contributed by atoms with van der Waals surface area (Å²) < 4.78 is 5.15. The van der Waals surface area contributed by atoms with E-state index in [4.69, 9.17) is 9.84 Å². The van der Waals surface area contributed by atoms with Gasteiger partial charge >= 0.3 is 0 Å². The molecule has 0 unspecified atom stereocenters. The Morgan fingerprint density at radius 1 is 1.50 bits per heavy atom. The van der Waals surface area contributed by atoms with E-state index < -0.39 is 0 Å². The Bertz CT molecular complexity index is 72.9. The van der Waals surface area contributed by atoms with Crippen LogP contribution in [0.1, 0.15) is 19.8 Å². The average molecular weight is 116 g/mol. The summed E-state index contributed by atoms with van der Waals surface area (Å²) in [6.45, 7) is 2.36. The van der Waals surface area contributed by atoms with E-state index in [0.29, 0.717) is 12.2 Å². The summed E-state index contributed by atoms with van der Waals surface area (Å²) in [4.78, 5) is 0. The molecule has 0 amide bonds. The van der Waals surface area contributed by atoms with Gasteiger partial charge in [0.2, 0.25) is 0 Å². The molecule has 2 heteroatoms. The molecule has 0 aromatic rings. The molecule has 0 aromatic heterocycles. The molecule has 1 N–H and O–H groups in total. The van der Waals surface area contributed by atoms with Crippen LogP contribution in [0.3, 0.4) is 0 Å². The molecule has 0 radical (unpaired) electrons. The summed E-state index contributed by atoms with van der Waals surface area (Å²) in [5.74, 6) is 0. The summed E-state index contributed by atoms with van der Waals surface area (Å²) in [6.07, 6.45) is 2.75. The first kappa shape index (κ1) is 6.05. The SMILES string of the molecule is CC[C@@H]1O[C@@H]1CCO. The fraction of sp³-hybridized carbons (Fsp3) is 1.00. The Morgan fingerprint density at radius 3 is 2.62 bits per heavy atom. The summed E-state index contributed by atoms with van der Waals surface area (Å²) in [5, 5.41) is 8.41. The van der Waals surface area contributed by atoms with Crippen LogP contribution in [0.25, 0.3) is 0 Å². The molecule has 1 fully saturated rings. The zero-order valence-corrected chi connectivity index (χ0v) is 5.13. The molecule has 0 saturated carbocycles. The van der Waals surface area contributed by atoms with E-state index in [1.807, 2.05) is 0 Å². The fourth-order valence-electron chi connectivity index (χ4n) is 0.919. The van der Waals surface area contributed by atoms with Gasteiger partial charge in [-0.25, -0.2) is 0 Å². The highest BCUT2D eigenvalue weighted by Crippen LogP contribution is 2.27. The van der Waals surface area contributed by atoms with Crippen molar-refractivity contribution >= 4 is 0 Å². The Labute approximate surface area is 49.5 Å². The Hall–Kier alpha value is -0.0800. The Balaban J connectivity index is 1.99. The van der Waals surface area contributed by atoms with Crippen molar-refractivity contribution < 1.29 is 9.84 Å². The van der Waals surface area contributed by atoms with E-state index in [0.717, 1.165) is 12.8 Å². The first-order valence-electron chi connectivity index (χ1n) is 3.14. The van der Waals surface area contributed by atoms with Crippen molar-refractivity contribution in [3.8, 4) is 0 Å². The van der Waals surface area contributed by atoms with Crippen molar-refractivity contribution in [2.45, 2.75) is 32.0 Å². The molecule has 0 aromatic carbocycles. The zero-order chi connectivity index (χ0) is 5.98. The molecule has 1 aliphatic rings. The summed E-state index contributed by atoms with van der Waals surface area (Å²) in [7, 11) is 0. The van der Waals surface area contributed by atoms with Gasteiger partial charge in [0, 0.05) is 6.61 Å². The standard InChI is InChI=1S/C6H12O2/c1-2-5-6(8-5)3-4-7/h5-7H,2-4H2,1H3/t5-,6+/m0/s1. The first-order chi connectivity index (χ1) is 3.88. The van der Waals surface area contributed by atoms with Crippen LogP contribution in [0.15, 0.2) is 0 Å². The molecule has 0 spiro atoms. The van der Waals surface area contributed by atoms with Crippen LogP contribution in [-0.2, 0) is 4.74 Å². The van der Waals surface area contributed by atoms with Crippen molar-refractivity contribution in [2.75, 3.05) is 6.61 Å². The lowest BCUT2D eigenvalue weighted by atomic mass is 10.2. The van der Waals surface area contributed by atoms with Crippen molar-refractivity contribution in [1.82, 2.24) is 0 Å². The van der Waals surface area contributed by atoms with Crippen LogP contribution < -0.4 is 0 Å². The highest BCUT2D eigenvalue weighted by Gasteiger charge is 2.35. The fourth-order valence-corrected chi connectivity index (χ4v) is 0.919. The third-order valence-corrected chi connectivity index (χ3v) is 1.50. The normalized spacial score (nSPS) is 35.2. The summed E-state index contributed by atoms with van der Waals surface area (Å²) in [6, 6.07) is 0. The third kappa shape index (κ3) is 1.20. The van der Waals surface area contributed by atoms with Crippen molar-refractivity contribution in [3.05, 3.63) is 0 Å². The van der Waals surface area contributed by atoms with Crippen LogP contribution in [0.2, 0.25) is 0 Å². The first-order valence-corrected chi connectivity index (χ1v) is 3.14. The molecule has 0 bridgehead atoms. The van der Waals surface area contributed by atoms with Crippen LogP contribution in [0.5, 0.6) is 0 Å². The number of aliphatic hydroxyl groups is 1. The van der Waals surface area contributed by atoms with Crippen molar-refractivity contribution in [3.63, 3.8) is 0 Å². The minimum atomic E-state index is 0.265. The Morgan fingerprint density at radius 2 is 2.25 bits per heavy atom. The molecule has 48 valence electrons. The van der Waals surface area contributed by atoms with Gasteiger partial charge in [-0.2, -0.15) is 0 Å². The van der Waals surface area contributed by atoms with Crippen LogP contribution in [0, 0.1) is 0 Å². The second kappa shape index (κ2) is 2.46. The van der Waals surface area contributed by atoms with E-state index in [1.165, 1.54) is 0 Å². The molecule has 2 atom stereocenters. The second-order valence-corrected chi connectivity index (χ2v) is 2.13. The number of ether oxygens (including phenoxy) is 1. The molecule has 1 saturated heterocycles. The number of rotatable bonds is 3. The Kier molecular flexibility index (Phi) is 1.86. The molecular formula is C6H12O2. The highest BCUT2D eigenvalue weighted by molar-refractivity contribution is 4.82. The highest BCUT2D eigenvalue weighted by atomic mass is 16.6. The molecule has 2 nitrogen and oxygen atoms in total. The quantitative estimate of drug-likeness (QED) is 0.546. The van der Waals surface area contributed by atoms with Gasteiger partial charge in [-0.1, -0.05) is 6.92 Å². The van der Waals surface area contributed by atoms with Gasteiger partial charge in [0.15, 0.2) is 0 Å². The van der Waals surface area contributed by atoms with E-state index >= 15 is 0 Å². The van der Waals surface area contributed by atoms with Crippen molar-refractivity contribution in [2.24, 2.45) is 0 Å². The van der Waals surface area contributed by atoms with Gasteiger partial charge in [-0.05, 0) is 12.8 Å². The van der Waals surface area contributed by atoms with E-state index in [-0.39, 0.29) is 6.61 Å². The number of hydrogen-bond acceptors (Lipinski definition) is 2. The third-order valence-electron chi connectivity index (χ3n) is 1.50. The van der Waals surface area contributed by atoms with E-state index in [2.05, 4.69) is 6.92 Å². The lowest BCUT2D eigenvalue weighted by Crippen LogP contribution is -1.94. The van der Waals surface area contributed by atoms with Gasteiger partial charge in [0.25, 0.3) is 0 Å². The predicted octanol–water partition coefficient (Wildman–Crippen LogP) is 0.546. The minimum Gasteiger partial charge on any atom is -0.396 e. The average Bonchev–Trinajstić information content (AvgIpc) is 2.48. The number of epoxide rings is 1. The predicted molar refractivity (Wildman–Crippen MR) is 30.7 cm³/mol. The van der Waals surface area contributed by atoms with Crippen LogP contribution in [0.4, 0.5) is 0 Å². The van der Waals surface area contributed by atoms with Gasteiger partial charge in [-0.15, -0.1) is 0 Å². The van der Waals surface area contributed by atoms with Gasteiger partial charge in [0.1, 0.15) is 0 Å². The number of hydrogen-bond donors (Lipinski definition) is 1. The summed E-state index contributed by atoms with van der Waals surface area (Å²) in [5.41, 5.74) is 0. The number of aliphatic hydroxyl groups excluding tert-OH is 1. The maximum atomic E-state index is 8.41. The van der Waals surface area contributed by atoms with E-state index in [9.17, 15) is 0 Å². The zero-order valence-electron chi connectivity index (χ0n) is 5.13. The second-order valence-electron chi connectivity index (χ2n) is 2.13. The smallest absolute Gasteiger partial charge is 0.0863 e. The molecule has 1 rings (SSSR count). The lowest BCUT2D eigenvalue weighted by Gasteiger charge is -1.84. The molecular weight excluding hydrogens is 104 g/mol. The maximum absolute atomic E-state index is 8.41.